The highest BCUT2D eigenvalue weighted by Gasteiger charge is 2.04. The van der Waals surface area contributed by atoms with Crippen LogP contribution in [0.1, 0.15) is 0 Å². The minimum Gasteiger partial charge on any atom is -0.459 e. The summed E-state index contributed by atoms with van der Waals surface area (Å²) >= 11 is 0. The molecule has 0 atom stereocenters. The molecule has 6 nitrogen and oxygen atoms in total. The van der Waals surface area contributed by atoms with Gasteiger partial charge in [0.2, 0.25) is 0 Å². The standard InChI is InChI=1S/C28H22N4O2/c1-19(9-11-23(5)33-25(7)13-27(17-31)21(3)15-29)20(2)10-12-24(6)34-26(8)14-28(18-32)22(4)16-30/h9-14H,1-8H2/b11-9-,12-10-,27-13-,28-14-. The Morgan fingerprint density at radius 1 is 0.471 bits per heavy atom. The summed E-state index contributed by atoms with van der Waals surface area (Å²) in [6, 6.07) is 7.23. The molecule has 0 aromatic heterocycles. The van der Waals surface area contributed by atoms with E-state index in [1.54, 1.807) is 24.3 Å². The van der Waals surface area contributed by atoms with E-state index in [1.807, 2.05) is 12.1 Å². The second-order valence-electron chi connectivity index (χ2n) is 6.31. The van der Waals surface area contributed by atoms with Crippen LogP contribution in [0.15, 0.2) is 146 Å². The van der Waals surface area contributed by atoms with Crippen molar-refractivity contribution in [2.45, 2.75) is 0 Å². The Hall–Kier alpha value is -5.56. The fraction of sp³-hybridized carbons (Fsp3) is 0. The summed E-state index contributed by atoms with van der Waals surface area (Å²) in [6.45, 7) is 29.5. The third kappa shape index (κ3) is 10.5. The molecule has 0 bridgehead atoms. The van der Waals surface area contributed by atoms with Gasteiger partial charge in [-0.3, -0.25) is 0 Å². The Labute approximate surface area is 200 Å². The molecule has 0 aromatic rings. The van der Waals surface area contributed by atoms with Crippen molar-refractivity contribution < 1.29 is 9.47 Å². The maximum atomic E-state index is 9.03. The van der Waals surface area contributed by atoms with Crippen molar-refractivity contribution >= 4 is 0 Å². The third-order valence-corrected chi connectivity index (χ3v) is 3.65. The lowest BCUT2D eigenvalue weighted by Gasteiger charge is -2.07. The number of nitriles is 4. The highest BCUT2D eigenvalue weighted by molar-refractivity contribution is 5.51. The first-order chi connectivity index (χ1) is 16.0. The topological polar surface area (TPSA) is 114 Å². The van der Waals surface area contributed by atoms with Gasteiger partial charge in [0.1, 0.15) is 35.2 Å². The van der Waals surface area contributed by atoms with E-state index in [0.29, 0.717) is 11.1 Å². The lowest BCUT2D eigenvalue weighted by Crippen LogP contribution is -1.90. The van der Waals surface area contributed by atoms with Crippen molar-refractivity contribution in [3.8, 4) is 24.3 Å². The normalized spacial score (nSPS) is 10.7. The van der Waals surface area contributed by atoms with Gasteiger partial charge < -0.3 is 9.47 Å². The quantitative estimate of drug-likeness (QED) is 0.185. The smallest absolute Gasteiger partial charge is 0.121 e. The van der Waals surface area contributed by atoms with Gasteiger partial charge in [-0.05, 0) is 35.5 Å². The van der Waals surface area contributed by atoms with Gasteiger partial charge in [0, 0.05) is 0 Å². The number of hydrogen-bond acceptors (Lipinski definition) is 6. The second kappa shape index (κ2) is 14.4. The SMILES string of the molecule is C=C(/C=C\C(=C)C(=C)/C=C\C(=C)OC(=C)/C=C(/C#N)C(=C)C#N)OC(=C)/C=C(/C#N)C(=C)C#N. The van der Waals surface area contributed by atoms with Crippen LogP contribution in [0.2, 0.25) is 0 Å². The molecule has 0 unspecified atom stereocenters. The molecule has 0 amide bonds. The predicted octanol–water partition coefficient (Wildman–Crippen LogP) is 6.36. The monoisotopic (exact) mass is 446 g/mol. The summed E-state index contributed by atoms with van der Waals surface area (Å²) in [6.07, 6.45) is 8.81. The zero-order chi connectivity index (χ0) is 26.3. The summed E-state index contributed by atoms with van der Waals surface area (Å²) in [5.41, 5.74) is 1.11. The van der Waals surface area contributed by atoms with Crippen molar-refractivity contribution in [1.82, 2.24) is 0 Å². The average Bonchev–Trinajstić information content (AvgIpc) is 2.81. The van der Waals surface area contributed by atoms with Gasteiger partial charge in [-0.1, -0.05) is 64.8 Å². The van der Waals surface area contributed by atoms with Crippen LogP contribution >= 0.6 is 0 Å². The molecule has 0 fully saturated rings. The van der Waals surface area contributed by atoms with E-state index in [1.165, 1.54) is 24.3 Å². The van der Waals surface area contributed by atoms with Crippen LogP contribution in [-0.4, -0.2) is 0 Å². The largest absolute Gasteiger partial charge is 0.459 e. The van der Waals surface area contributed by atoms with Crippen molar-refractivity contribution in [3.63, 3.8) is 0 Å². The Morgan fingerprint density at radius 3 is 1.06 bits per heavy atom. The first-order valence-corrected chi connectivity index (χ1v) is 9.27. The summed E-state index contributed by atoms with van der Waals surface area (Å²) < 4.78 is 10.7. The number of hydrogen-bond donors (Lipinski definition) is 0. The summed E-state index contributed by atoms with van der Waals surface area (Å²) in [5, 5.41) is 35.7. The van der Waals surface area contributed by atoms with Gasteiger partial charge in [-0.2, -0.15) is 21.0 Å². The Bertz CT molecular complexity index is 1170. The summed E-state index contributed by atoms with van der Waals surface area (Å²) in [5.74, 6) is 0.629. The molecule has 0 aromatic carbocycles. The van der Waals surface area contributed by atoms with E-state index in [2.05, 4.69) is 52.6 Å². The van der Waals surface area contributed by atoms with Crippen LogP contribution in [0, 0.1) is 45.3 Å². The summed E-state index contributed by atoms with van der Waals surface area (Å²) in [4.78, 5) is 0. The van der Waals surface area contributed by atoms with E-state index < -0.39 is 0 Å². The number of nitrogens with zero attached hydrogens (tertiary/aromatic N) is 4. The molecule has 0 saturated heterocycles. The molecule has 6 heteroatoms. The molecule has 0 heterocycles. The van der Waals surface area contributed by atoms with Gasteiger partial charge in [0.05, 0.1) is 34.4 Å². The third-order valence-electron chi connectivity index (χ3n) is 3.65. The van der Waals surface area contributed by atoms with Crippen molar-refractivity contribution in [3.05, 3.63) is 146 Å². The Balaban J connectivity index is 4.97. The van der Waals surface area contributed by atoms with Crippen LogP contribution in [0.5, 0.6) is 0 Å². The zero-order valence-corrected chi connectivity index (χ0v) is 18.7. The molecular formula is C28H22N4O2. The maximum absolute atomic E-state index is 9.03. The lowest BCUT2D eigenvalue weighted by molar-refractivity contribution is 0.339. The van der Waals surface area contributed by atoms with E-state index in [9.17, 15) is 0 Å². The fourth-order valence-corrected chi connectivity index (χ4v) is 1.88. The maximum Gasteiger partial charge on any atom is 0.121 e. The first-order valence-electron chi connectivity index (χ1n) is 9.27. The van der Waals surface area contributed by atoms with E-state index in [4.69, 9.17) is 30.5 Å². The number of rotatable bonds is 13. The summed E-state index contributed by atoms with van der Waals surface area (Å²) in [7, 11) is 0. The molecule has 0 aliphatic rings. The molecule has 0 rings (SSSR count). The van der Waals surface area contributed by atoms with Crippen LogP contribution < -0.4 is 0 Å². The molecule has 0 saturated carbocycles. The van der Waals surface area contributed by atoms with Crippen molar-refractivity contribution in [1.29, 1.82) is 21.0 Å². The lowest BCUT2D eigenvalue weighted by atomic mass is 10.1. The van der Waals surface area contributed by atoms with Gasteiger partial charge in [-0.15, -0.1) is 0 Å². The van der Waals surface area contributed by atoms with Crippen molar-refractivity contribution in [2.75, 3.05) is 0 Å². The molecule has 0 aliphatic carbocycles. The minimum atomic E-state index is -0.00633. The first kappa shape index (κ1) is 28.4. The van der Waals surface area contributed by atoms with E-state index >= 15 is 0 Å². The highest BCUT2D eigenvalue weighted by atomic mass is 16.5. The van der Waals surface area contributed by atoms with E-state index in [-0.39, 0.29) is 45.3 Å². The number of allylic oxidation sites excluding steroid dienone is 12. The molecule has 0 N–H and O–H groups in total. The fourth-order valence-electron chi connectivity index (χ4n) is 1.88. The van der Waals surface area contributed by atoms with Gasteiger partial charge in [0.25, 0.3) is 0 Å². The molecule has 166 valence electrons. The van der Waals surface area contributed by atoms with Gasteiger partial charge >= 0.3 is 0 Å². The minimum absolute atomic E-state index is 0.00633. The molecule has 34 heavy (non-hydrogen) atoms. The van der Waals surface area contributed by atoms with Crippen LogP contribution in [0.25, 0.3) is 0 Å². The van der Waals surface area contributed by atoms with E-state index in [0.717, 1.165) is 0 Å². The second-order valence-corrected chi connectivity index (χ2v) is 6.31. The Kier molecular flexibility index (Phi) is 12.1. The van der Waals surface area contributed by atoms with Crippen LogP contribution in [0.3, 0.4) is 0 Å². The predicted molar refractivity (Wildman–Crippen MR) is 132 cm³/mol. The van der Waals surface area contributed by atoms with Crippen LogP contribution in [0.4, 0.5) is 0 Å². The van der Waals surface area contributed by atoms with Crippen LogP contribution in [-0.2, 0) is 9.47 Å². The molecule has 0 spiro atoms. The molecule has 0 radical (unpaired) electrons. The van der Waals surface area contributed by atoms with Crippen molar-refractivity contribution in [2.24, 2.45) is 0 Å². The molecular weight excluding hydrogens is 424 g/mol. The average molecular weight is 447 g/mol. The Morgan fingerprint density at radius 2 is 0.794 bits per heavy atom. The zero-order valence-electron chi connectivity index (χ0n) is 18.7. The number of ether oxygens (including phenoxy) is 2. The molecule has 0 aliphatic heterocycles. The highest BCUT2D eigenvalue weighted by Crippen LogP contribution is 2.16. The van der Waals surface area contributed by atoms with Gasteiger partial charge in [-0.25, -0.2) is 0 Å². The van der Waals surface area contributed by atoms with Gasteiger partial charge in [0.15, 0.2) is 0 Å².